The lowest BCUT2D eigenvalue weighted by atomic mass is 9.99. The van der Waals surface area contributed by atoms with Crippen molar-refractivity contribution < 1.29 is 102 Å². The molecular formula is C94H120N22O21S3. The van der Waals surface area contributed by atoms with Gasteiger partial charge in [0, 0.05) is 190 Å². The molecule has 0 aliphatic carbocycles. The van der Waals surface area contributed by atoms with Gasteiger partial charge in [0.15, 0.2) is 0 Å². The van der Waals surface area contributed by atoms with Crippen LogP contribution in [0, 0.1) is 11.8 Å². The highest BCUT2D eigenvalue weighted by molar-refractivity contribution is 7.99. The van der Waals surface area contributed by atoms with E-state index >= 15 is 28.8 Å². The minimum absolute atomic E-state index is 0.0000971. The topological polar surface area (TPSA) is 636 Å². The van der Waals surface area contributed by atoms with Crippen LogP contribution < -0.4 is 70.0 Å². The molecule has 13 atom stereocenters. The number of para-hydroxylation sites is 2. The van der Waals surface area contributed by atoms with Crippen LogP contribution in [0.15, 0.2) is 116 Å². The van der Waals surface area contributed by atoms with Crippen molar-refractivity contribution in [2.75, 3.05) is 47.6 Å². The maximum atomic E-state index is 15.7. The minimum Gasteiger partial charge on any atom is -0.481 e. The monoisotopic (exact) mass is 1990 g/mol. The molecule has 1 saturated heterocycles. The molecule has 10 bridgehead atoms. The van der Waals surface area contributed by atoms with Crippen molar-refractivity contribution in [2.45, 2.75) is 224 Å². The molecule has 0 unspecified atom stereocenters. The molecule has 0 radical (unpaired) electrons. The van der Waals surface area contributed by atoms with Crippen LogP contribution in [0.4, 0.5) is 0 Å². The van der Waals surface area contributed by atoms with Gasteiger partial charge in [-0.15, -0.1) is 0 Å². The van der Waals surface area contributed by atoms with Gasteiger partial charge in [0.25, 0.3) is 0 Å². The number of nitrogens with two attached hydrogens (primary N) is 2. The molecule has 750 valence electrons. The van der Waals surface area contributed by atoms with Gasteiger partial charge in [-0.05, 0) is 120 Å². The molecule has 140 heavy (non-hydrogen) atoms. The third-order valence-corrected chi connectivity index (χ3v) is 27.2. The maximum absolute atomic E-state index is 15.7. The molecule has 16 amide bonds. The highest BCUT2D eigenvalue weighted by atomic mass is 32.2. The number of hydrogen-bond donors (Lipinski definition) is 18. The maximum Gasteiger partial charge on any atom is 0.305 e. The first kappa shape index (κ1) is 107. The van der Waals surface area contributed by atoms with Gasteiger partial charge >= 0.3 is 11.9 Å². The number of aromatic amines is 2. The predicted molar refractivity (Wildman–Crippen MR) is 516 cm³/mol. The summed E-state index contributed by atoms with van der Waals surface area (Å²) in [6, 6.07) is 0.0435. The lowest BCUT2D eigenvalue weighted by molar-refractivity contribution is -0.143. The Hall–Kier alpha value is -13.6. The number of carboxylic acids is 2. The van der Waals surface area contributed by atoms with Crippen molar-refractivity contribution in [3.8, 4) is 0 Å². The fourth-order valence-corrected chi connectivity index (χ4v) is 19.4. The number of H-pyrrole nitrogens is 2. The molecule has 1 fully saturated rings. The number of aliphatic hydroxyl groups excluding tert-OH is 1. The van der Waals surface area contributed by atoms with Gasteiger partial charge in [-0.2, -0.15) is 35.3 Å². The van der Waals surface area contributed by atoms with E-state index in [4.69, 9.17) is 11.5 Å². The fourth-order valence-electron chi connectivity index (χ4n) is 16.5. The summed E-state index contributed by atoms with van der Waals surface area (Å²) in [7, 11) is 0. The number of aliphatic hydroxyl groups is 1. The Morgan fingerprint density at radius 2 is 0.929 bits per heavy atom. The Morgan fingerprint density at radius 1 is 0.486 bits per heavy atom. The van der Waals surface area contributed by atoms with Gasteiger partial charge in [-0.3, -0.25) is 101 Å². The Labute approximate surface area is 818 Å². The van der Waals surface area contributed by atoms with Crippen molar-refractivity contribution in [2.24, 2.45) is 23.3 Å². The molecule has 7 aromatic rings. The highest BCUT2D eigenvalue weighted by Gasteiger charge is 2.43. The number of carboxylic acid groups (broad SMARTS) is 2. The molecule has 4 aliphatic heterocycles. The Bertz CT molecular complexity index is 5720. The molecule has 0 spiro atoms. The fraction of sp³-hybridized carbons (Fsp3) is 0.479. The lowest BCUT2D eigenvalue weighted by Gasteiger charge is -2.32. The van der Waals surface area contributed by atoms with Gasteiger partial charge in [0.2, 0.25) is 94.5 Å². The van der Waals surface area contributed by atoms with Gasteiger partial charge in [-0.25, -0.2) is 0 Å². The van der Waals surface area contributed by atoms with E-state index in [0.717, 1.165) is 42.2 Å². The average molecular weight is 1990 g/mol. The number of benzene rings is 2. The number of carbonyl (C=O) groups excluding carboxylic acids is 16. The van der Waals surface area contributed by atoms with E-state index in [2.05, 4.69) is 83.4 Å². The highest BCUT2D eigenvalue weighted by Crippen LogP contribution is 2.28. The number of hydrogen-bond acceptors (Lipinski definition) is 26. The predicted octanol–water partition coefficient (Wildman–Crippen LogP) is -0.564. The second-order valence-electron chi connectivity index (χ2n) is 35.8. The van der Waals surface area contributed by atoms with E-state index < -0.39 is 228 Å². The number of aromatic nitrogens is 5. The molecule has 43 nitrogen and oxygen atoms in total. The first-order valence-corrected chi connectivity index (χ1v) is 49.5. The first-order chi connectivity index (χ1) is 66.8. The van der Waals surface area contributed by atoms with Gasteiger partial charge in [0.1, 0.15) is 66.5 Å². The number of primary amides is 1. The van der Waals surface area contributed by atoms with Crippen LogP contribution in [0.5, 0.6) is 0 Å². The molecule has 20 N–H and O–H groups in total. The van der Waals surface area contributed by atoms with Gasteiger partial charge in [0.05, 0.1) is 25.1 Å². The third-order valence-electron chi connectivity index (χ3n) is 24.0. The van der Waals surface area contributed by atoms with Crippen molar-refractivity contribution in [1.29, 1.82) is 0 Å². The van der Waals surface area contributed by atoms with Crippen molar-refractivity contribution in [3.05, 3.63) is 161 Å². The van der Waals surface area contributed by atoms with Crippen LogP contribution in [-0.2, 0) is 138 Å². The molecular weight excluding hydrogens is 1870 g/mol. The molecule has 46 heteroatoms. The van der Waals surface area contributed by atoms with Crippen LogP contribution in [0.1, 0.15) is 137 Å². The summed E-state index contributed by atoms with van der Waals surface area (Å²) in [4.78, 5) is 287. The standard InChI is InChI=1S/C94H120N22O21S3/c1-50(2)80-92(135)106-69(31-79(124)125)85(128)102-40-74(118)103-67(29-60-38-100-64-14-9-7-12-62(60)64)87(130)111-81(51(3)4)94(137)116-22-11-16-73(116)91(134)107-70(83(96)126)47-138-23-19-75(119)113-41-54-26-56(34-97-32-54)43-114-44-58-28-59(37-99-36-58)46-115(45-57-27-55(42-113)33-98-35-57)77(121)21-25-140-49-72(108-84(127)52(5)95)90(133)112-82(53(6)117)93(136)104-66(17-18-78(122)123)86(129)109-71(48-139-24-20-76(114)120)89(132)105-68(88(131)110-80)30-61-39-101-65-15-10-8-13-63(61)65/h7-10,12-15,26-28,32-39,50-53,66-73,80-82,100-101,117H,11,16-25,29-31,40-49,95H2,1-6H3,(H2,96,126)(H,102,128)(H,103,118)(H,104,136)(H,105,132)(H,106,135)(H,107,134)(H,108,127)(H,109,129)(H,110,131)(H,111,130)(H,112,133)(H,122,123)(H,124,125)/t52-,53+,66-,67-,68-,69-,70-,71-,72-,73-,80-,81-,82-/m0/s1. The summed E-state index contributed by atoms with van der Waals surface area (Å²) < 4.78 is 0. The Morgan fingerprint density at radius 3 is 1.40 bits per heavy atom. The summed E-state index contributed by atoms with van der Waals surface area (Å²) >= 11 is 3.12. The number of carbonyl (C=O) groups is 18. The SMILES string of the molecule is CC(C)[C@@H]1NC(=O)[C@H](Cc2c[nH]c3ccccc23)NC(=O)[C@@H]2CSCCC(=O)N3Cc4cncc(c4)CN(Cc4cncc(c4)CN(Cc4cncc(c4)C3)C(=O)CCSC[C@H](NC(=O)[C@H](C)N)C(=O)N[C@@H]([C@@H](C)O)C(=O)N[C@@H](CCC(=O)O)C(=O)N2)C(=O)CCSC[C@@H](C(N)=O)NC(=O)[C@@H]2CCCN2C(=O)[C@H](C(C)C)NC(=O)[C@H](Cc2c[nH]c3ccccc23)NC(=O)CNC(=O)[C@H](CC(=O)O)NC1=O. The summed E-state index contributed by atoms with van der Waals surface area (Å²) in [6.45, 7) is 7.30. The Balaban J connectivity index is 0.996. The van der Waals surface area contributed by atoms with Crippen molar-refractivity contribution in [3.63, 3.8) is 0 Å². The number of pyridine rings is 3. The average Bonchev–Trinajstić information content (AvgIpc) is 1.65. The quantitative estimate of drug-likeness (QED) is 0.0611. The van der Waals surface area contributed by atoms with Crippen molar-refractivity contribution in [1.82, 2.24) is 103 Å². The van der Waals surface area contributed by atoms with Crippen LogP contribution >= 0.6 is 35.3 Å². The number of thioether (sulfide) groups is 3. The zero-order chi connectivity index (χ0) is 101. The van der Waals surface area contributed by atoms with E-state index in [-0.39, 0.29) is 113 Å². The third kappa shape index (κ3) is 30.5. The number of rotatable bonds is 15. The first-order valence-electron chi connectivity index (χ1n) is 46.1. The van der Waals surface area contributed by atoms with Crippen LogP contribution in [0.25, 0.3) is 21.8 Å². The number of fused-ring (bicyclic) bond motifs is 12. The van der Waals surface area contributed by atoms with E-state index in [9.17, 15) is 72.9 Å². The minimum atomic E-state index is -1.99. The second-order valence-corrected chi connectivity index (χ2v) is 39.2. The van der Waals surface area contributed by atoms with Gasteiger partial charge < -0.3 is 115 Å². The van der Waals surface area contributed by atoms with Crippen LogP contribution in [0.3, 0.4) is 0 Å². The lowest BCUT2D eigenvalue weighted by Crippen LogP contribution is -2.62. The summed E-state index contributed by atoms with van der Waals surface area (Å²) in [5.41, 5.74) is 17.2. The van der Waals surface area contributed by atoms with E-state index in [1.54, 1.807) is 129 Å². The van der Waals surface area contributed by atoms with Crippen LogP contribution in [-0.4, -0.2) is 293 Å². The molecule has 11 rings (SSSR count). The largest absolute Gasteiger partial charge is 0.481 e. The van der Waals surface area contributed by atoms with Crippen LogP contribution in [0.2, 0.25) is 0 Å². The van der Waals surface area contributed by atoms with Gasteiger partial charge in [-0.1, -0.05) is 64.1 Å². The summed E-state index contributed by atoms with van der Waals surface area (Å²) in [5, 5.41) is 61.2. The summed E-state index contributed by atoms with van der Waals surface area (Å²) in [5.74, 6) is -20.1. The Kier molecular flexibility index (Phi) is 38.8. The molecule has 0 saturated carbocycles. The zero-order valence-corrected chi connectivity index (χ0v) is 80.8. The number of aliphatic carboxylic acids is 2. The number of nitrogens with one attached hydrogen (secondary N) is 13. The molecule has 2 aromatic carbocycles. The molecule has 9 heterocycles. The molecule has 5 aromatic heterocycles. The van der Waals surface area contributed by atoms with Crippen molar-refractivity contribution >= 4 is 164 Å². The molecule has 4 aliphatic rings. The summed E-state index contributed by atoms with van der Waals surface area (Å²) in [6.07, 6.45) is 7.25. The smallest absolute Gasteiger partial charge is 0.305 e. The van der Waals surface area contributed by atoms with E-state index in [1.807, 2.05) is 0 Å². The van der Waals surface area contributed by atoms with E-state index in [1.165, 1.54) is 41.7 Å². The normalized spacial score (nSPS) is 23.6. The number of nitrogens with zero attached hydrogens (tertiary/aromatic N) is 7. The number of amides is 16. The van der Waals surface area contributed by atoms with E-state index in [0.29, 0.717) is 72.7 Å². The second kappa shape index (κ2) is 50.8. The zero-order valence-electron chi connectivity index (χ0n) is 78.3.